The smallest absolute Gasteiger partial charge is 0.251 e. The molecule has 1 fully saturated rings. The van der Waals surface area contributed by atoms with Crippen molar-refractivity contribution in [1.29, 1.82) is 0 Å². The Morgan fingerprint density at radius 2 is 2.21 bits per heavy atom. The van der Waals surface area contributed by atoms with E-state index in [2.05, 4.69) is 22.2 Å². The number of rotatable bonds is 5. The summed E-state index contributed by atoms with van der Waals surface area (Å²) in [6.45, 7) is 4.45. The molecule has 1 aliphatic heterocycles. The van der Waals surface area contributed by atoms with E-state index in [0.717, 1.165) is 36.6 Å². The first-order valence-corrected chi connectivity index (χ1v) is 9.11. The number of carbonyl (C=O) groups is 1. The van der Waals surface area contributed by atoms with Crippen molar-refractivity contribution in [1.82, 2.24) is 15.2 Å². The van der Waals surface area contributed by atoms with Gasteiger partial charge in [0.05, 0.1) is 10.7 Å². The predicted octanol–water partition coefficient (Wildman–Crippen LogP) is 2.85. The highest BCUT2D eigenvalue weighted by Crippen LogP contribution is 2.17. The maximum atomic E-state index is 12.4. The number of aryl methyl sites for hydroxylation is 1. The number of hydrogen-bond acceptors (Lipinski definition) is 5. The van der Waals surface area contributed by atoms with Crippen LogP contribution in [0, 0.1) is 6.92 Å². The molecule has 2 heterocycles. The molecule has 0 aliphatic carbocycles. The minimum Gasteiger partial charge on any atom is -0.487 e. The molecule has 0 atom stereocenters. The molecule has 1 saturated heterocycles. The average Bonchev–Trinajstić information content (AvgIpc) is 3.01. The van der Waals surface area contributed by atoms with Crippen molar-refractivity contribution in [2.75, 3.05) is 20.1 Å². The highest BCUT2D eigenvalue weighted by atomic mass is 32.1. The maximum Gasteiger partial charge on any atom is 0.251 e. The van der Waals surface area contributed by atoms with Crippen LogP contribution in [0.15, 0.2) is 29.6 Å². The fourth-order valence-electron chi connectivity index (χ4n) is 2.78. The fraction of sp³-hybridized carbons (Fsp3) is 0.444. The van der Waals surface area contributed by atoms with E-state index in [1.165, 1.54) is 0 Å². The molecule has 0 radical (unpaired) electrons. The first-order chi connectivity index (χ1) is 11.6. The Balaban J connectivity index is 1.56. The molecule has 3 rings (SSSR count). The van der Waals surface area contributed by atoms with Gasteiger partial charge in [-0.1, -0.05) is 6.07 Å². The van der Waals surface area contributed by atoms with E-state index in [1.807, 2.05) is 30.5 Å². The van der Waals surface area contributed by atoms with Gasteiger partial charge in [-0.25, -0.2) is 4.98 Å². The molecule has 128 valence electrons. The Bertz CT molecular complexity index is 693. The SMILES string of the molecule is Cc1nc(COc2cccc(C(=O)NC3CCN(C)CC3)c2)cs1. The third kappa shape index (κ3) is 4.55. The number of likely N-dealkylation sites (tertiary alicyclic amines) is 1. The molecule has 1 aliphatic rings. The summed E-state index contributed by atoms with van der Waals surface area (Å²) in [5.41, 5.74) is 1.56. The van der Waals surface area contributed by atoms with Crippen LogP contribution in [0.1, 0.15) is 33.9 Å². The van der Waals surface area contributed by atoms with Gasteiger partial charge in [0.2, 0.25) is 0 Å². The van der Waals surface area contributed by atoms with E-state index >= 15 is 0 Å². The normalized spacial score (nSPS) is 16.1. The van der Waals surface area contributed by atoms with Gasteiger partial charge in [0, 0.05) is 17.0 Å². The molecule has 5 nitrogen and oxygen atoms in total. The van der Waals surface area contributed by atoms with Crippen molar-refractivity contribution in [2.24, 2.45) is 0 Å². The molecular weight excluding hydrogens is 322 g/mol. The van der Waals surface area contributed by atoms with Crippen LogP contribution in [-0.2, 0) is 6.61 Å². The van der Waals surface area contributed by atoms with E-state index < -0.39 is 0 Å². The number of ether oxygens (including phenoxy) is 1. The highest BCUT2D eigenvalue weighted by molar-refractivity contribution is 7.09. The van der Waals surface area contributed by atoms with Crippen LogP contribution in [0.5, 0.6) is 5.75 Å². The summed E-state index contributed by atoms with van der Waals surface area (Å²) in [6.07, 6.45) is 2.00. The topological polar surface area (TPSA) is 54.5 Å². The van der Waals surface area contributed by atoms with Gasteiger partial charge in [-0.15, -0.1) is 11.3 Å². The number of nitrogens with one attached hydrogen (secondary N) is 1. The quantitative estimate of drug-likeness (QED) is 0.905. The number of aromatic nitrogens is 1. The lowest BCUT2D eigenvalue weighted by Crippen LogP contribution is -2.43. The minimum absolute atomic E-state index is 0.0282. The Morgan fingerprint density at radius 1 is 1.42 bits per heavy atom. The number of benzene rings is 1. The minimum atomic E-state index is -0.0282. The second-order valence-electron chi connectivity index (χ2n) is 6.23. The average molecular weight is 345 g/mol. The lowest BCUT2D eigenvalue weighted by atomic mass is 10.0. The standard InChI is InChI=1S/C18H23N3O2S/c1-13-19-16(12-24-13)11-23-17-5-3-4-14(10-17)18(22)20-15-6-8-21(2)9-7-15/h3-5,10,12,15H,6-9,11H2,1-2H3,(H,20,22). The van der Waals surface area contributed by atoms with Gasteiger partial charge in [-0.05, 0) is 58.1 Å². The van der Waals surface area contributed by atoms with Gasteiger partial charge in [-0.3, -0.25) is 4.79 Å². The molecular formula is C18H23N3O2S. The molecule has 1 aromatic carbocycles. The van der Waals surface area contributed by atoms with Gasteiger partial charge < -0.3 is 15.0 Å². The Morgan fingerprint density at radius 3 is 2.92 bits per heavy atom. The number of nitrogens with zero attached hydrogens (tertiary/aromatic N) is 2. The van der Waals surface area contributed by atoms with Crippen LogP contribution in [-0.4, -0.2) is 42.0 Å². The predicted molar refractivity (Wildman–Crippen MR) is 95.6 cm³/mol. The molecule has 0 bridgehead atoms. The summed E-state index contributed by atoms with van der Waals surface area (Å²) in [5, 5.41) is 6.15. The van der Waals surface area contributed by atoms with Crippen molar-refractivity contribution in [2.45, 2.75) is 32.4 Å². The van der Waals surface area contributed by atoms with E-state index in [1.54, 1.807) is 17.4 Å². The molecule has 2 aromatic rings. The summed E-state index contributed by atoms with van der Waals surface area (Å²) in [5.74, 6) is 0.663. The van der Waals surface area contributed by atoms with Gasteiger partial charge >= 0.3 is 0 Å². The Labute approximate surface area is 146 Å². The zero-order valence-electron chi connectivity index (χ0n) is 14.1. The van der Waals surface area contributed by atoms with Crippen molar-refractivity contribution < 1.29 is 9.53 Å². The maximum absolute atomic E-state index is 12.4. The zero-order chi connectivity index (χ0) is 16.9. The molecule has 24 heavy (non-hydrogen) atoms. The molecule has 0 unspecified atom stereocenters. The van der Waals surface area contributed by atoms with Crippen LogP contribution in [0.4, 0.5) is 0 Å². The van der Waals surface area contributed by atoms with E-state index in [0.29, 0.717) is 17.9 Å². The number of hydrogen-bond donors (Lipinski definition) is 1. The number of thiazole rings is 1. The number of carbonyl (C=O) groups excluding carboxylic acids is 1. The Kier molecular flexibility index (Phi) is 5.48. The van der Waals surface area contributed by atoms with Gasteiger partial charge in [0.25, 0.3) is 5.91 Å². The van der Waals surface area contributed by atoms with Crippen molar-refractivity contribution in [3.05, 3.63) is 45.9 Å². The lowest BCUT2D eigenvalue weighted by Gasteiger charge is -2.29. The van der Waals surface area contributed by atoms with Crippen LogP contribution in [0.3, 0.4) is 0 Å². The Hall–Kier alpha value is -1.92. The third-order valence-corrected chi connectivity index (χ3v) is 5.03. The molecule has 6 heteroatoms. The zero-order valence-corrected chi connectivity index (χ0v) is 14.9. The summed E-state index contributed by atoms with van der Waals surface area (Å²) in [4.78, 5) is 19.1. The summed E-state index contributed by atoms with van der Waals surface area (Å²) < 4.78 is 5.76. The van der Waals surface area contributed by atoms with Crippen molar-refractivity contribution >= 4 is 17.2 Å². The monoisotopic (exact) mass is 345 g/mol. The number of piperidine rings is 1. The molecule has 1 amide bonds. The van der Waals surface area contributed by atoms with Crippen LogP contribution < -0.4 is 10.1 Å². The number of amides is 1. The second kappa shape index (κ2) is 7.77. The largest absolute Gasteiger partial charge is 0.487 e. The van der Waals surface area contributed by atoms with Gasteiger partial charge in [-0.2, -0.15) is 0 Å². The summed E-state index contributed by atoms with van der Waals surface area (Å²) in [6, 6.07) is 7.60. The molecule has 0 saturated carbocycles. The molecule has 1 N–H and O–H groups in total. The first-order valence-electron chi connectivity index (χ1n) is 8.23. The van der Waals surface area contributed by atoms with Crippen LogP contribution in [0.25, 0.3) is 0 Å². The first kappa shape index (κ1) is 16.9. The molecule has 1 aromatic heterocycles. The van der Waals surface area contributed by atoms with Crippen molar-refractivity contribution in [3.63, 3.8) is 0 Å². The van der Waals surface area contributed by atoms with Crippen molar-refractivity contribution in [3.8, 4) is 5.75 Å². The highest BCUT2D eigenvalue weighted by Gasteiger charge is 2.19. The fourth-order valence-corrected chi connectivity index (χ4v) is 3.38. The van der Waals surface area contributed by atoms with Crippen LogP contribution in [0.2, 0.25) is 0 Å². The second-order valence-corrected chi connectivity index (χ2v) is 7.29. The van der Waals surface area contributed by atoms with Gasteiger partial charge in [0.1, 0.15) is 12.4 Å². The molecule has 0 spiro atoms. The lowest BCUT2D eigenvalue weighted by molar-refractivity contribution is 0.0916. The van der Waals surface area contributed by atoms with Gasteiger partial charge in [0.15, 0.2) is 0 Å². The van der Waals surface area contributed by atoms with E-state index in [9.17, 15) is 4.79 Å². The summed E-state index contributed by atoms with van der Waals surface area (Å²) in [7, 11) is 2.11. The third-order valence-electron chi connectivity index (χ3n) is 4.20. The summed E-state index contributed by atoms with van der Waals surface area (Å²) >= 11 is 1.61. The van der Waals surface area contributed by atoms with Crippen LogP contribution >= 0.6 is 11.3 Å². The van der Waals surface area contributed by atoms with E-state index in [4.69, 9.17) is 4.74 Å². The van der Waals surface area contributed by atoms with E-state index in [-0.39, 0.29) is 11.9 Å².